The second kappa shape index (κ2) is 10.7. The number of carbonyl (C=O) groups excluding carboxylic acids is 1. The summed E-state index contributed by atoms with van der Waals surface area (Å²) in [5.41, 5.74) is -0.0196. The third kappa shape index (κ3) is 7.10. The summed E-state index contributed by atoms with van der Waals surface area (Å²) in [7, 11) is 0.738. The van der Waals surface area contributed by atoms with Crippen molar-refractivity contribution in [3.05, 3.63) is 34.9 Å². The molecule has 2 amide bonds. The number of benzene rings is 1. The van der Waals surface area contributed by atoms with Gasteiger partial charge in [0, 0.05) is 12.1 Å². The number of hydrogen-bond acceptors (Lipinski definition) is 5. The maximum Gasteiger partial charge on any atom is 0.481 e. The summed E-state index contributed by atoms with van der Waals surface area (Å²) in [6, 6.07) is 6.59. The molecule has 0 spiro atoms. The molecule has 0 saturated carbocycles. The largest absolute Gasteiger partial charge is 0.481 e. The molecule has 1 saturated heterocycles. The molecule has 1 aromatic carbocycles. The third-order valence-electron chi connectivity index (χ3n) is 5.74. The summed E-state index contributed by atoms with van der Waals surface area (Å²) < 4.78 is 17.3. The monoisotopic (exact) mass is 454 g/mol. The Morgan fingerprint density at radius 1 is 1.19 bits per heavy atom. The van der Waals surface area contributed by atoms with Gasteiger partial charge in [0.25, 0.3) is 0 Å². The van der Waals surface area contributed by atoms with E-state index >= 15 is 0 Å². The Bertz CT molecular complexity index is 760. The Kier molecular flexibility index (Phi) is 8.77. The topological polar surface area (TPSA) is 106 Å². The molecule has 1 aliphatic heterocycles. The van der Waals surface area contributed by atoms with Crippen LogP contribution in [-0.4, -0.2) is 61.1 Å². The number of hydrogen-bond donors (Lipinski definition) is 3. The van der Waals surface area contributed by atoms with Gasteiger partial charge in [0.15, 0.2) is 0 Å². The average Bonchev–Trinajstić information content (AvgIpc) is 2.87. The van der Waals surface area contributed by atoms with Crippen LogP contribution in [0.3, 0.4) is 0 Å². The fourth-order valence-electron chi connectivity index (χ4n) is 3.33. The van der Waals surface area contributed by atoms with Crippen LogP contribution in [0.25, 0.3) is 0 Å². The second-order valence-electron chi connectivity index (χ2n) is 8.72. The molecule has 10 heteroatoms. The van der Waals surface area contributed by atoms with Crippen LogP contribution in [0, 0.1) is 0 Å². The minimum atomic E-state index is -1.30. The first kappa shape index (κ1) is 25.5. The Labute approximate surface area is 189 Å². The maximum absolute atomic E-state index is 12.8. The Balaban J connectivity index is 2.11. The molecule has 31 heavy (non-hydrogen) atoms. The van der Waals surface area contributed by atoms with Crippen LogP contribution in [0.15, 0.2) is 24.3 Å². The molecule has 1 aliphatic rings. The molecular formula is C21H32BClN2O6. The zero-order chi connectivity index (χ0) is 23.2. The van der Waals surface area contributed by atoms with Crippen molar-refractivity contribution in [3.63, 3.8) is 0 Å². The molecule has 1 heterocycles. The SMILES string of the molecule is COCC(NC(=O)O)C(=O)N[C@@H](CCCc1cccc(Cl)c1)B1OC(C)(C)C(C)(C)O1. The number of halogens is 1. The van der Waals surface area contributed by atoms with Gasteiger partial charge in [0.2, 0.25) is 5.91 Å². The number of ether oxygens (including phenoxy) is 1. The van der Waals surface area contributed by atoms with Crippen molar-refractivity contribution in [2.45, 2.75) is 70.1 Å². The van der Waals surface area contributed by atoms with Crippen LogP contribution in [0.5, 0.6) is 0 Å². The fraction of sp³-hybridized carbons (Fsp3) is 0.619. The molecule has 3 N–H and O–H groups in total. The van der Waals surface area contributed by atoms with Crippen LogP contribution < -0.4 is 10.6 Å². The molecule has 1 unspecified atom stereocenters. The van der Waals surface area contributed by atoms with E-state index in [1.165, 1.54) is 7.11 Å². The highest BCUT2D eigenvalue weighted by Gasteiger charge is 2.54. The molecule has 2 rings (SSSR count). The van der Waals surface area contributed by atoms with E-state index in [2.05, 4.69) is 10.6 Å². The number of carbonyl (C=O) groups is 2. The summed E-state index contributed by atoms with van der Waals surface area (Å²) >= 11 is 6.06. The lowest BCUT2D eigenvalue weighted by atomic mass is 9.75. The number of nitrogens with one attached hydrogen (secondary N) is 2. The minimum absolute atomic E-state index is 0.0866. The van der Waals surface area contributed by atoms with Crippen molar-refractivity contribution in [2.24, 2.45) is 0 Å². The highest BCUT2D eigenvalue weighted by molar-refractivity contribution is 6.48. The summed E-state index contributed by atoms with van der Waals surface area (Å²) in [6.07, 6.45) is 0.783. The lowest BCUT2D eigenvalue weighted by molar-refractivity contribution is -0.124. The van der Waals surface area contributed by atoms with Crippen molar-refractivity contribution >= 4 is 30.7 Å². The highest BCUT2D eigenvalue weighted by atomic mass is 35.5. The smallest absolute Gasteiger partial charge is 0.465 e. The van der Waals surface area contributed by atoms with Gasteiger partial charge in [0.05, 0.1) is 23.8 Å². The van der Waals surface area contributed by atoms with Crippen LogP contribution >= 0.6 is 11.6 Å². The number of amides is 2. The Morgan fingerprint density at radius 3 is 2.39 bits per heavy atom. The molecule has 2 atom stereocenters. The first-order valence-corrected chi connectivity index (χ1v) is 10.7. The van der Waals surface area contributed by atoms with Crippen LogP contribution in [-0.2, 0) is 25.3 Å². The van der Waals surface area contributed by atoms with Gasteiger partial charge in [-0.05, 0) is 64.7 Å². The number of aryl methyl sites for hydroxylation is 1. The van der Waals surface area contributed by atoms with Crippen molar-refractivity contribution < 1.29 is 28.7 Å². The van der Waals surface area contributed by atoms with E-state index in [0.717, 1.165) is 18.4 Å². The number of rotatable bonds is 10. The first-order chi connectivity index (χ1) is 14.4. The van der Waals surface area contributed by atoms with Gasteiger partial charge in [-0.1, -0.05) is 23.7 Å². The van der Waals surface area contributed by atoms with E-state index in [1.807, 2.05) is 52.0 Å². The van der Waals surface area contributed by atoms with E-state index in [-0.39, 0.29) is 6.61 Å². The Hall–Kier alpha value is -1.81. The maximum atomic E-state index is 12.8. The first-order valence-electron chi connectivity index (χ1n) is 10.3. The Morgan fingerprint density at radius 2 is 1.84 bits per heavy atom. The molecule has 0 aromatic heterocycles. The van der Waals surface area contributed by atoms with Gasteiger partial charge in [-0.15, -0.1) is 0 Å². The normalized spacial score (nSPS) is 19.0. The highest BCUT2D eigenvalue weighted by Crippen LogP contribution is 2.38. The lowest BCUT2D eigenvalue weighted by Crippen LogP contribution is -2.55. The second-order valence-corrected chi connectivity index (χ2v) is 9.16. The van der Waals surface area contributed by atoms with Crippen molar-refractivity contribution in [1.82, 2.24) is 10.6 Å². The average molecular weight is 455 g/mol. The summed E-state index contributed by atoms with van der Waals surface area (Å²) in [5.74, 6) is -0.964. The number of methoxy groups -OCH3 is 1. The summed E-state index contributed by atoms with van der Waals surface area (Å²) in [4.78, 5) is 23.8. The predicted molar refractivity (Wildman–Crippen MR) is 119 cm³/mol. The van der Waals surface area contributed by atoms with Gasteiger partial charge in [-0.25, -0.2) is 4.79 Å². The van der Waals surface area contributed by atoms with Crippen LogP contribution in [0.1, 0.15) is 46.1 Å². The van der Waals surface area contributed by atoms with E-state index in [4.69, 9.17) is 30.8 Å². The molecule has 172 valence electrons. The van der Waals surface area contributed by atoms with Gasteiger partial charge in [-0.2, -0.15) is 0 Å². The van der Waals surface area contributed by atoms with Crippen molar-refractivity contribution in [1.29, 1.82) is 0 Å². The number of carboxylic acid groups (broad SMARTS) is 1. The summed E-state index contributed by atoms with van der Waals surface area (Å²) in [6.45, 7) is 7.68. The summed E-state index contributed by atoms with van der Waals surface area (Å²) in [5, 5.41) is 14.8. The van der Waals surface area contributed by atoms with Crippen LogP contribution in [0.2, 0.25) is 5.02 Å². The van der Waals surface area contributed by atoms with Gasteiger partial charge in [-0.3, -0.25) is 4.79 Å². The molecule has 1 fully saturated rings. The molecule has 0 aliphatic carbocycles. The quantitative estimate of drug-likeness (QED) is 0.469. The van der Waals surface area contributed by atoms with E-state index in [1.54, 1.807) is 0 Å². The van der Waals surface area contributed by atoms with E-state index in [0.29, 0.717) is 11.4 Å². The van der Waals surface area contributed by atoms with Gasteiger partial charge in [0.1, 0.15) is 6.04 Å². The van der Waals surface area contributed by atoms with E-state index in [9.17, 15) is 9.59 Å². The zero-order valence-corrected chi connectivity index (χ0v) is 19.5. The van der Waals surface area contributed by atoms with Crippen molar-refractivity contribution in [2.75, 3.05) is 13.7 Å². The molecule has 8 nitrogen and oxygen atoms in total. The standard InChI is InChI=1S/C21H32BClN2O6/c1-20(2)21(3,4)31-22(30-20)17(11-7-9-14-8-6-10-15(23)12-14)25-18(26)16(13-29-5)24-19(27)28/h6,8,10,12,16-17,24H,7,9,11,13H2,1-5H3,(H,25,26)(H,27,28)/t16?,17-/m0/s1. The van der Waals surface area contributed by atoms with Gasteiger partial charge >= 0.3 is 13.2 Å². The lowest BCUT2D eigenvalue weighted by Gasteiger charge is -2.32. The molecule has 1 aromatic rings. The third-order valence-corrected chi connectivity index (χ3v) is 5.98. The zero-order valence-electron chi connectivity index (χ0n) is 18.7. The molecule has 0 radical (unpaired) electrons. The van der Waals surface area contributed by atoms with Crippen molar-refractivity contribution in [3.8, 4) is 0 Å². The predicted octanol–water partition coefficient (Wildman–Crippen LogP) is 3.06. The van der Waals surface area contributed by atoms with E-state index < -0.39 is 42.3 Å². The minimum Gasteiger partial charge on any atom is -0.465 e. The molecule has 0 bridgehead atoms. The van der Waals surface area contributed by atoms with Crippen LogP contribution in [0.4, 0.5) is 4.79 Å². The van der Waals surface area contributed by atoms with Gasteiger partial charge < -0.3 is 29.8 Å². The fourth-order valence-corrected chi connectivity index (χ4v) is 3.54. The molecular weight excluding hydrogens is 423 g/mol.